The first-order valence-corrected chi connectivity index (χ1v) is 6.11. The Morgan fingerprint density at radius 1 is 1.53 bits per heavy atom. The van der Waals surface area contributed by atoms with E-state index in [0.717, 1.165) is 12.8 Å². The lowest BCUT2D eigenvalue weighted by atomic mass is 9.81. The van der Waals surface area contributed by atoms with Crippen molar-refractivity contribution in [2.75, 3.05) is 26.2 Å². The summed E-state index contributed by atoms with van der Waals surface area (Å²) < 4.78 is 5.32. The molecule has 5 heteroatoms. The SMILES string of the molecule is CC(C)(C)OC(=O)N1CCC[C@](CN)(CO)C1. The summed E-state index contributed by atoms with van der Waals surface area (Å²) in [6.45, 7) is 7.10. The molecule has 0 aromatic carbocycles. The molecule has 17 heavy (non-hydrogen) atoms. The van der Waals surface area contributed by atoms with E-state index in [1.165, 1.54) is 0 Å². The van der Waals surface area contributed by atoms with Crippen LogP contribution in [0.1, 0.15) is 33.6 Å². The van der Waals surface area contributed by atoms with Gasteiger partial charge in [-0.25, -0.2) is 4.79 Å². The topological polar surface area (TPSA) is 75.8 Å². The molecule has 0 aliphatic carbocycles. The van der Waals surface area contributed by atoms with Gasteiger partial charge in [0.05, 0.1) is 6.61 Å². The maximum atomic E-state index is 11.9. The molecule has 0 unspecified atom stereocenters. The van der Waals surface area contributed by atoms with Crippen molar-refractivity contribution in [2.24, 2.45) is 11.1 Å². The fraction of sp³-hybridized carbons (Fsp3) is 0.917. The fourth-order valence-corrected chi connectivity index (χ4v) is 2.05. The molecule has 1 amide bonds. The Balaban J connectivity index is 2.63. The van der Waals surface area contributed by atoms with Gasteiger partial charge in [0, 0.05) is 25.0 Å². The smallest absolute Gasteiger partial charge is 0.410 e. The highest BCUT2D eigenvalue weighted by molar-refractivity contribution is 5.68. The summed E-state index contributed by atoms with van der Waals surface area (Å²) >= 11 is 0. The minimum Gasteiger partial charge on any atom is -0.444 e. The maximum absolute atomic E-state index is 11.9. The van der Waals surface area contributed by atoms with Crippen molar-refractivity contribution >= 4 is 6.09 Å². The highest BCUT2D eigenvalue weighted by Crippen LogP contribution is 2.29. The van der Waals surface area contributed by atoms with E-state index in [1.807, 2.05) is 20.8 Å². The van der Waals surface area contributed by atoms with E-state index in [-0.39, 0.29) is 18.1 Å². The Morgan fingerprint density at radius 2 is 2.18 bits per heavy atom. The molecular weight excluding hydrogens is 220 g/mol. The third kappa shape index (κ3) is 3.85. The van der Waals surface area contributed by atoms with Crippen LogP contribution >= 0.6 is 0 Å². The van der Waals surface area contributed by atoms with E-state index in [2.05, 4.69) is 0 Å². The van der Waals surface area contributed by atoms with Gasteiger partial charge >= 0.3 is 6.09 Å². The van der Waals surface area contributed by atoms with Crippen molar-refractivity contribution in [2.45, 2.75) is 39.2 Å². The van der Waals surface area contributed by atoms with Gasteiger partial charge in [0.15, 0.2) is 0 Å². The molecule has 1 fully saturated rings. The normalized spacial score (nSPS) is 25.8. The Bertz CT molecular complexity index is 269. The molecule has 3 N–H and O–H groups in total. The summed E-state index contributed by atoms with van der Waals surface area (Å²) in [7, 11) is 0. The van der Waals surface area contributed by atoms with Crippen molar-refractivity contribution in [1.82, 2.24) is 4.90 Å². The van der Waals surface area contributed by atoms with Crippen molar-refractivity contribution in [3.05, 3.63) is 0 Å². The van der Waals surface area contributed by atoms with E-state index in [9.17, 15) is 9.90 Å². The molecule has 0 aromatic heterocycles. The van der Waals surface area contributed by atoms with Crippen LogP contribution in [0.3, 0.4) is 0 Å². The number of piperidine rings is 1. The van der Waals surface area contributed by atoms with Crippen LogP contribution in [0.2, 0.25) is 0 Å². The minimum atomic E-state index is -0.487. The van der Waals surface area contributed by atoms with Gasteiger partial charge < -0.3 is 20.5 Å². The van der Waals surface area contributed by atoms with E-state index in [4.69, 9.17) is 10.5 Å². The molecule has 1 atom stereocenters. The van der Waals surface area contributed by atoms with E-state index < -0.39 is 5.60 Å². The Morgan fingerprint density at radius 3 is 2.65 bits per heavy atom. The van der Waals surface area contributed by atoms with Crippen molar-refractivity contribution < 1.29 is 14.6 Å². The first-order chi connectivity index (χ1) is 7.82. The Kier molecular flexibility index (Phi) is 4.38. The second-order valence-corrected chi connectivity index (χ2v) is 5.87. The standard InChI is InChI=1S/C12H24N2O3/c1-11(2,3)17-10(16)14-6-4-5-12(7-13,8-14)9-15/h15H,4-9,13H2,1-3H3/t12-/m1/s1. The van der Waals surface area contributed by atoms with Crippen molar-refractivity contribution in [1.29, 1.82) is 0 Å². The number of nitrogens with two attached hydrogens (primary N) is 1. The number of hydrogen-bond acceptors (Lipinski definition) is 4. The number of carbonyl (C=O) groups is 1. The minimum absolute atomic E-state index is 0.0167. The summed E-state index contributed by atoms with van der Waals surface area (Å²) in [6, 6.07) is 0. The van der Waals surface area contributed by atoms with Crippen LogP contribution in [-0.4, -0.2) is 47.9 Å². The lowest BCUT2D eigenvalue weighted by Gasteiger charge is -2.41. The van der Waals surface area contributed by atoms with Gasteiger partial charge in [-0.3, -0.25) is 0 Å². The zero-order valence-electron chi connectivity index (χ0n) is 11.0. The molecule has 0 spiro atoms. The molecule has 1 aliphatic rings. The van der Waals surface area contributed by atoms with Gasteiger partial charge in [0.1, 0.15) is 5.60 Å². The predicted octanol–water partition coefficient (Wildman–Crippen LogP) is 0.955. The van der Waals surface area contributed by atoms with Crippen molar-refractivity contribution in [3.8, 4) is 0 Å². The number of ether oxygens (including phenoxy) is 1. The number of rotatable bonds is 2. The highest BCUT2D eigenvalue weighted by Gasteiger charge is 2.37. The average molecular weight is 244 g/mol. The van der Waals surface area contributed by atoms with Gasteiger partial charge in [0.2, 0.25) is 0 Å². The van der Waals surface area contributed by atoms with Crippen molar-refractivity contribution in [3.63, 3.8) is 0 Å². The van der Waals surface area contributed by atoms with Crippen LogP contribution in [0.15, 0.2) is 0 Å². The van der Waals surface area contributed by atoms with E-state index in [1.54, 1.807) is 4.90 Å². The van der Waals surface area contributed by atoms with Crippen LogP contribution in [0.5, 0.6) is 0 Å². The van der Waals surface area contributed by atoms with Crippen LogP contribution in [0.4, 0.5) is 4.79 Å². The zero-order chi connectivity index (χ0) is 13.1. The molecule has 0 bridgehead atoms. The molecule has 1 rings (SSSR count). The van der Waals surface area contributed by atoms with Gasteiger partial charge in [-0.1, -0.05) is 0 Å². The van der Waals surface area contributed by atoms with Crippen LogP contribution in [0, 0.1) is 5.41 Å². The second kappa shape index (κ2) is 5.23. The summed E-state index contributed by atoms with van der Waals surface area (Å²) in [5.41, 5.74) is 4.86. The highest BCUT2D eigenvalue weighted by atomic mass is 16.6. The number of amides is 1. The summed E-state index contributed by atoms with van der Waals surface area (Å²) in [5, 5.41) is 9.41. The molecule has 5 nitrogen and oxygen atoms in total. The van der Waals surface area contributed by atoms with Gasteiger partial charge in [-0.2, -0.15) is 0 Å². The first-order valence-electron chi connectivity index (χ1n) is 6.11. The third-order valence-corrected chi connectivity index (χ3v) is 3.08. The van der Waals surface area contributed by atoms with Crippen LogP contribution in [-0.2, 0) is 4.74 Å². The third-order valence-electron chi connectivity index (χ3n) is 3.08. The summed E-state index contributed by atoms with van der Waals surface area (Å²) in [5.74, 6) is 0. The Labute approximate surface area is 103 Å². The number of aliphatic hydroxyl groups excluding tert-OH is 1. The molecule has 100 valence electrons. The van der Waals surface area contributed by atoms with Gasteiger partial charge in [-0.15, -0.1) is 0 Å². The van der Waals surface area contributed by atoms with Gasteiger partial charge in [0.25, 0.3) is 0 Å². The monoisotopic (exact) mass is 244 g/mol. The summed E-state index contributed by atoms with van der Waals surface area (Å²) in [4.78, 5) is 13.6. The average Bonchev–Trinajstić information content (AvgIpc) is 2.27. The molecule has 1 aliphatic heterocycles. The van der Waals surface area contributed by atoms with Gasteiger partial charge in [-0.05, 0) is 33.6 Å². The van der Waals surface area contributed by atoms with Crippen LogP contribution < -0.4 is 5.73 Å². The Hall–Kier alpha value is -0.810. The number of nitrogens with zero attached hydrogens (tertiary/aromatic N) is 1. The van der Waals surface area contributed by atoms with E-state index in [0.29, 0.717) is 19.6 Å². The zero-order valence-corrected chi connectivity index (χ0v) is 11.0. The number of aliphatic hydroxyl groups is 1. The quantitative estimate of drug-likeness (QED) is 0.758. The largest absolute Gasteiger partial charge is 0.444 e. The molecule has 0 aromatic rings. The van der Waals surface area contributed by atoms with Crippen LogP contribution in [0.25, 0.3) is 0 Å². The molecule has 0 radical (unpaired) electrons. The lowest BCUT2D eigenvalue weighted by molar-refractivity contribution is -0.00590. The molecule has 1 saturated heterocycles. The lowest BCUT2D eigenvalue weighted by Crippen LogP contribution is -2.52. The number of carbonyl (C=O) groups excluding carboxylic acids is 1. The predicted molar refractivity (Wildman–Crippen MR) is 65.6 cm³/mol. The molecule has 0 saturated carbocycles. The maximum Gasteiger partial charge on any atom is 0.410 e. The molecular formula is C12H24N2O3. The summed E-state index contributed by atoms with van der Waals surface area (Å²) in [6.07, 6.45) is 1.40. The number of likely N-dealkylation sites (tertiary alicyclic amines) is 1. The first kappa shape index (κ1) is 14.3. The second-order valence-electron chi connectivity index (χ2n) is 5.87. The van der Waals surface area contributed by atoms with E-state index >= 15 is 0 Å². The number of hydrogen-bond donors (Lipinski definition) is 2. The fourth-order valence-electron chi connectivity index (χ4n) is 2.05. The molecule has 1 heterocycles.